The van der Waals surface area contributed by atoms with Crippen LogP contribution in [0.2, 0.25) is 5.02 Å². The molecule has 2 aromatic rings. The lowest BCUT2D eigenvalue weighted by Crippen LogP contribution is -2.33. The molecular weight excluding hydrogens is 424 g/mol. The van der Waals surface area contributed by atoms with E-state index < -0.39 is 39.4 Å². The van der Waals surface area contributed by atoms with Crippen LogP contribution < -0.4 is 10.0 Å². The topological polar surface area (TPSA) is 75.3 Å². The molecule has 0 aliphatic heterocycles. The lowest BCUT2D eigenvalue weighted by atomic mass is 10.2. The summed E-state index contributed by atoms with van der Waals surface area (Å²) in [6, 6.07) is 8.50. The number of carbonyl (C=O) groups excluding carboxylic acids is 1. The number of anilines is 1. The van der Waals surface area contributed by atoms with Crippen molar-refractivity contribution in [2.24, 2.45) is 0 Å². The van der Waals surface area contributed by atoms with Crippen molar-refractivity contribution in [3.8, 4) is 0 Å². The van der Waals surface area contributed by atoms with Crippen molar-refractivity contribution in [1.29, 1.82) is 0 Å². The van der Waals surface area contributed by atoms with E-state index in [1.807, 2.05) is 0 Å². The Morgan fingerprint density at radius 1 is 1.11 bits per heavy atom. The number of hydrogen-bond acceptors (Lipinski definition) is 3. The molecule has 2 rings (SSSR count). The Balaban J connectivity index is 2.04. The summed E-state index contributed by atoms with van der Waals surface area (Å²) in [6.45, 7) is -1.70. The van der Waals surface area contributed by atoms with E-state index in [0.29, 0.717) is 0 Å². The van der Waals surface area contributed by atoms with Crippen LogP contribution in [0.1, 0.15) is 5.56 Å². The Morgan fingerprint density at radius 3 is 2.32 bits per heavy atom. The van der Waals surface area contributed by atoms with Crippen molar-refractivity contribution in [3.63, 3.8) is 0 Å². The third kappa shape index (κ3) is 6.32. The molecule has 5 nitrogen and oxygen atoms in total. The summed E-state index contributed by atoms with van der Waals surface area (Å²) in [7, 11) is -4.35. The minimum absolute atomic E-state index is 0.0245. The number of sulfonamides is 1. The molecule has 28 heavy (non-hydrogen) atoms. The molecule has 0 aliphatic rings. The molecule has 0 radical (unpaired) electrons. The Hall–Kier alpha value is -2.43. The van der Waals surface area contributed by atoms with Crippen LogP contribution in [0.4, 0.5) is 23.2 Å². The van der Waals surface area contributed by atoms with Crippen molar-refractivity contribution < 1.29 is 30.8 Å². The molecule has 0 saturated carbocycles. The lowest BCUT2D eigenvalue weighted by molar-refractivity contribution is -0.121. The zero-order valence-electron chi connectivity index (χ0n) is 13.9. The summed E-state index contributed by atoms with van der Waals surface area (Å²) in [4.78, 5) is 11.5. The van der Waals surface area contributed by atoms with Crippen LogP contribution in [0.3, 0.4) is 0 Å². The highest BCUT2D eigenvalue weighted by Crippen LogP contribution is 2.21. The average molecular weight is 437 g/mol. The highest BCUT2D eigenvalue weighted by molar-refractivity contribution is 7.89. The van der Waals surface area contributed by atoms with E-state index in [1.54, 1.807) is 0 Å². The monoisotopic (exact) mass is 436 g/mol. The van der Waals surface area contributed by atoms with E-state index in [-0.39, 0.29) is 16.3 Å². The molecule has 0 saturated heterocycles. The summed E-state index contributed by atoms with van der Waals surface area (Å²) >= 11 is 5.83. The second-order valence-corrected chi connectivity index (χ2v) is 7.60. The predicted octanol–water partition coefficient (Wildman–Crippen LogP) is 3.97. The Morgan fingerprint density at radius 2 is 1.75 bits per heavy atom. The van der Waals surface area contributed by atoms with E-state index in [4.69, 9.17) is 11.6 Å². The maximum Gasteiger partial charge on any atom is 0.402 e. The van der Waals surface area contributed by atoms with Crippen LogP contribution in [0, 0.1) is 5.82 Å². The number of hydrogen-bond donors (Lipinski definition) is 2. The normalized spacial score (nSPS) is 12.3. The number of alkyl halides is 3. The molecule has 0 fully saturated rings. The molecule has 2 aromatic carbocycles. The quantitative estimate of drug-likeness (QED) is 0.531. The highest BCUT2D eigenvalue weighted by Gasteiger charge is 2.30. The van der Waals surface area contributed by atoms with E-state index in [2.05, 4.69) is 5.32 Å². The standard InChI is InChI=1S/C17H13ClF4N2O3S/c18-14-2-1-3-15(19)13(14)8-9-16(25)24-11-4-6-12(7-5-11)28(26,27)23-10-17(20,21)22/h1-9,23H,10H2,(H,24,25)/b9-8+. The lowest BCUT2D eigenvalue weighted by Gasteiger charge is -2.10. The Bertz CT molecular complexity index is 970. The molecule has 0 bridgehead atoms. The van der Waals surface area contributed by atoms with Gasteiger partial charge < -0.3 is 5.32 Å². The van der Waals surface area contributed by atoms with Gasteiger partial charge in [-0.1, -0.05) is 17.7 Å². The zero-order chi connectivity index (χ0) is 20.9. The molecular formula is C17H13ClF4N2O3S. The number of rotatable bonds is 6. The Kier molecular flexibility index (Phi) is 6.81. The summed E-state index contributed by atoms with van der Waals surface area (Å²) in [5.41, 5.74) is 0.209. The molecule has 0 atom stereocenters. The largest absolute Gasteiger partial charge is 0.402 e. The van der Waals surface area contributed by atoms with Gasteiger partial charge >= 0.3 is 6.18 Å². The molecule has 0 aliphatic carbocycles. The van der Waals surface area contributed by atoms with Crippen LogP contribution >= 0.6 is 11.6 Å². The minimum atomic E-state index is -4.69. The number of nitrogens with one attached hydrogen (secondary N) is 2. The first kappa shape index (κ1) is 21.9. The Labute approximate surface area is 163 Å². The van der Waals surface area contributed by atoms with Crippen LogP contribution in [-0.2, 0) is 14.8 Å². The van der Waals surface area contributed by atoms with Crippen molar-refractivity contribution in [2.75, 3.05) is 11.9 Å². The fourth-order valence-corrected chi connectivity index (χ4v) is 3.23. The molecule has 0 spiro atoms. The average Bonchev–Trinajstić information content (AvgIpc) is 2.60. The van der Waals surface area contributed by atoms with Gasteiger partial charge in [-0.25, -0.2) is 17.5 Å². The zero-order valence-corrected chi connectivity index (χ0v) is 15.5. The van der Waals surface area contributed by atoms with Crippen molar-refractivity contribution >= 4 is 39.3 Å². The van der Waals surface area contributed by atoms with E-state index in [1.165, 1.54) is 41.1 Å². The minimum Gasteiger partial charge on any atom is -0.323 e. The molecule has 11 heteroatoms. The van der Waals surface area contributed by atoms with Gasteiger partial charge in [0.1, 0.15) is 12.4 Å². The fraction of sp³-hybridized carbons (Fsp3) is 0.118. The molecule has 0 heterocycles. The fourth-order valence-electron chi connectivity index (χ4n) is 1.99. The second kappa shape index (κ2) is 8.72. The van der Waals surface area contributed by atoms with Crippen LogP contribution in [0.25, 0.3) is 6.08 Å². The van der Waals surface area contributed by atoms with Gasteiger partial charge in [0.15, 0.2) is 0 Å². The van der Waals surface area contributed by atoms with Gasteiger partial charge in [0.2, 0.25) is 15.9 Å². The summed E-state index contributed by atoms with van der Waals surface area (Å²) in [5, 5.41) is 2.52. The molecule has 2 N–H and O–H groups in total. The smallest absolute Gasteiger partial charge is 0.323 e. The first-order chi connectivity index (χ1) is 13.0. The first-order valence-electron chi connectivity index (χ1n) is 7.57. The molecule has 150 valence electrons. The van der Waals surface area contributed by atoms with Crippen LogP contribution in [0.15, 0.2) is 53.4 Å². The highest BCUT2D eigenvalue weighted by atomic mass is 35.5. The van der Waals surface area contributed by atoms with E-state index in [9.17, 15) is 30.8 Å². The number of halogens is 5. The van der Waals surface area contributed by atoms with Gasteiger partial charge in [0.25, 0.3) is 0 Å². The number of benzene rings is 2. The van der Waals surface area contributed by atoms with Gasteiger partial charge in [-0.2, -0.15) is 13.2 Å². The van der Waals surface area contributed by atoms with Crippen LogP contribution in [0.5, 0.6) is 0 Å². The molecule has 0 unspecified atom stereocenters. The van der Waals surface area contributed by atoms with Crippen LogP contribution in [-0.4, -0.2) is 27.0 Å². The SMILES string of the molecule is O=C(/C=C/c1c(F)cccc1Cl)Nc1ccc(S(=O)(=O)NCC(F)(F)F)cc1. The van der Waals surface area contributed by atoms with Gasteiger partial charge in [-0.15, -0.1) is 0 Å². The maximum atomic E-state index is 13.6. The first-order valence-corrected chi connectivity index (χ1v) is 9.43. The molecule has 1 amide bonds. The van der Waals surface area contributed by atoms with Gasteiger partial charge in [0, 0.05) is 17.3 Å². The maximum absolute atomic E-state index is 13.6. The van der Waals surface area contributed by atoms with Crippen molar-refractivity contribution in [3.05, 3.63) is 64.9 Å². The van der Waals surface area contributed by atoms with Crippen molar-refractivity contribution in [1.82, 2.24) is 4.72 Å². The number of carbonyl (C=O) groups is 1. The van der Waals surface area contributed by atoms with E-state index in [0.717, 1.165) is 18.2 Å². The second-order valence-electron chi connectivity index (χ2n) is 5.42. The predicted molar refractivity (Wildman–Crippen MR) is 96.8 cm³/mol. The summed E-state index contributed by atoms with van der Waals surface area (Å²) < 4.78 is 75.0. The molecule has 0 aromatic heterocycles. The van der Waals surface area contributed by atoms with E-state index >= 15 is 0 Å². The van der Waals surface area contributed by atoms with Crippen molar-refractivity contribution in [2.45, 2.75) is 11.1 Å². The summed E-state index contributed by atoms with van der Waals surface area (Å²) in [6.07, 6.45) is -2.48. The summed E-state index contributed by atoms with van der Waals surface area (Å²) in [5.74, 6) is -1.26. The van der Waals surface area contributed by atoms with Gasteiger partial charge in [0.05, 0.1) is 9.92 Å². The third-order valence-electron chi connectivity index (χ3n) is 3.30. The number of amides is 1. The van der Waals surface area contributed by atoms with Gasteiger partial charge in [-0.3, -0.25) is 4.79 Å². The van der Waals surface area contributed by atoms with Gasteiger partial charge in [-0.05, 0) is 42.5 Å². The third-order valence-corrected chi connectivity index (χ3v) is 5.04.